The second-order valence-electron chi connectivity index (χ2n) is 6.63. The van der Waals surface area contributed by atoms with Crippen LogP contribution in [0.3, 0.4) is 0 Å². The van der Waals surface area contributed by atoms with Gasteiger partial charge in [-0.2, -0.15) is 0 Å². The van der Waals surface area contributed by atoms with Crippen molar-refractivity contribution in [2.75, 3.05) is 13.1 Å². The SMILES string of the molecule is O=C(O)N1CCC(C2(S(=O)(=O)c3cccc(F)c3)CC(O)C2)CC1. The number of hydrogen-bond donors (Lipinski definition) is 2. The summed E-state index contributed by atoms with van der Waals surface area (Å²) in [5, 5.41) is 18.8. The smallest absolute Gasteiger partial charge is 0.407 e. The zero-order chi connectivity index (χ0) is 17.5. The predicted octanol–water partition coefficient (Wildman–Crippen LogP) is 1.88. The second kappa shape index (κ2) is 6.00. The summed E-state index contributed by atoms with van der Waals surface area (Å²) in [6, 6.07) is 4.93. The van der Waals surface area contributed by atoms with Crippen molar-refractivity contribution in [3.8, 4) is 0 Å². The Morgan fingerprint density at radius 1 is 1.25 bits per heavy atom. The molecule has 2 fully saturated rings. The Kier molecular flexibility index (Phi) is 4.29. The largest absolute Gasteiger partial charge is 0.465 e. The van der Waals surface area contributed by atoms with Crippen molar-refractivity contribution in [3.05, 3.63) is 30.1 Å². The molecule has 8 heteroatoms. The summed E-state index contributed by atoms with van der Waals surface area (Å²) in [6.07, 6.45) is -0.621. The molecule has 24 heavy (non-hydrogen) atoms. The van der Waals surface area contributed by atoms with Crippen LogP contribution in [0.5, 0.6) is 0 Å². The first-order valence-corrected chi connectivity index (χ1v) is 9.41. The Morgan fingerprint density at radius 3 is 2.38 bits per heavy atom. The Balaban J connectivity index is 1.91. The molecule has 1 aromatic rings. The van der Waals surface area contributed by atoms with Gasteiger partial charge in [-0.1, -0.05) is 6.07 Å². The fraction of sp³-hybridized carbons (Fsp3) is 0.562. The van der Waals surface area contributed by atoms with Crippen LogP contribution in [0.2, 0.25) is 0 Å². The molecule has 1 aliphatic heterocycles. The van der Waals surface area contributed by atoms with E-state index in [1.54, 1.807) is 0 Å². The van der Waals surface area contributed by atoms with Crippen LogP contribution in [0.1, 0.15) is 25.7 Å². The Morgan fingerprint density at radius 2 is 1.88 bits per heavy atom. The number of rotatable bonds is 3. The monoisotopic (exact) mass is 357 g/mol. The summed E-state index contributed by atoms with van der Waals surface area (Å²) in [5.74, 6) is -0.864. The summed E-state index contributed by atoms with van der Waals surface area (Å²) < 4.78 is 38.6. The molecule has 6 nitrogen and oxygen atoms in total. The van der Waals surface area contributed by atoms with E-state index >= 15 is 0 Å². The van der Waals surface area contributed by atoms with Gasteiger partial charge in [0.25, 0.3) is 0 Å². The van der Waals surface area contributed by atoms with E-state index in [9.17, 15) is 22.7 Å². The topological polar surface area (TPSA) is 94.9 Å². The molecule has 1 aromatic carbocycles. The van der Waals surface area contributed by atoms with Gasteiger partial charge in [0.1, 0.15) is 5.82 Å². The molecule has 0 spiro atoms. The van der Waals surface area contributed by atoms with Gasteiger partial charge < -0.3 is 15.1 Å². The highest BCUT2D eigenvalue weighted by Gasteiger charge is 2.58. The summed E-state index contributed by atoms with van der Waals surface area (Å²) >= 11 is 0. The maximum atomic E-state index is 13.5. The van der Waals surface area contributed by atoms with Crippen molar-refractivity contribution in [1.29, 1.82) is 0 Å². The molecule has 0 atom stereocenters. The maximum Gasteiger partial charge on any atom is 0.407 e. The van der Waals surface area contributed by atoms with Gasteiger partial charge in [-0.25, -0.2) is 17.6 Å². The van der Waals surface area contributed by atoms with Crippen LogP contribution in [0.25, 0.3) is 0 Å². The van der Waals surface area contributed by atoms with Crippen molar-refractivity contribution in [2.45, 2.75) is 41.4 Å². The standard InChI is InChI=1S/C16H20FNO5S/c17-12-2-1-3-14(8-12)24(22,23)16(9-13(19)10-16)11-4-6-18(7-5-11)15(20)21/h1-3,8,11,13,19H,4-7,9-10H2,(H,20,21). The highest BCUT2D eigenvalue weighted by Crippen LogP contribution is 2.51. The molecule has 0 unspecified atom stereocenters. The number of aliphatic hydroxyl groups is 1. The number of likely N-dealkylation sites (tertiary alicyclic amines) is 1. The highest BCUT2D eigenvalue weighted by molar-refractivity contribution is 7.93. The zero-order valence-corrected chi connectivity index (χ0v) is 13.9. The van der Waals surface area contributed by atoms with Crippen LogP contribution in [0.15, 0.2) is 29.2 Å². The van der Waals surface area contributed by atoms with Crippen LogP contribution in [-0.4, -0.2) is 53.6 Å². The van der Waals surface area contributed by atoms with Crippen LogP contribution < -0.4 is 0 Å². The first kappa shape index (κ1) is 17.2. The van der Waals surface area contributed by atoms with Gasteiger partial charge in [0.05, 0.1) is 15.7 Å². The minimum Gasteiger partial charge on any atom is -0.465 e. The van der Waals surface area contributed by atoms with E-state index < -0.39 is 32.6 Å². The lowest BCUT2D eigenvalue weighted by Gasteiger charge is -2.51. The molecule has 1 saturated carbocycles. The van der Waals surface area contributed by atoms with Crippen molar-refractivity contribution in [2.24, 2.45) is 5.92 Å². The minimum atomic E-state index is -3.82. The minimum absolute atomic E-state index is 0.0740. The van der Waals surface area contributed by atoms with Crippen LogP contribution >= 0.6 is 0 Å². The third-order valence-electron chi connectivity index (χ3n) is 5.31. The zero-order valence-electron chi connectivity index (χ0n) is 13.1. The fourth-order valence-corrected chi connectivity index (χ4v) is 6.47. The Bertz CT molecular complexity index is 737. The van der Waals surface area contributed by atoms with Gasteiger partial charge in [0, 0.05) is 13.1 Å². The third-order valence-corrected chi connectivity index (χ3v) is 7.92. The van der Waals surface area contributed by atoms with Crippen LogP contribution in [0, 0.1) is 11.7 Å². The van der Waals surface area contributed by atoms with Gasteiger partial charge in [-0.05, 0) is 49.8 Å². The van der Waals surface area contributed by atoms with E-state index in [0.29, 0.717) is 12.8 Å². The molecular weight excluding hydrogens is 337 g/mol. The van der Waals surface area contributed by atoms with Gasteiger partial charge in [0.15, 0.2) is 9.84 Å². The van der Waals surface area contributed by atoms with Crippen LogP contribution in [-0.2, 0) is 9.84 Å². The number of carboxylic acid groups (broad SMARTS) is 1. The van der Waals surface area contributed by atoms with E-state index in [1.807, 2.05) is 0 Å². The number of aliphatic hydroxyl groups excluding tert-OH is 1. The number of sulfone groups is 1. The lowest BCUT2D eigenvalue weighted by Crippen LogP contribution is -2.60. The lowest BCUT2D eigenvalue weighted by atomic mass is 9.69. The van der Waals surface area contributed by atoms with Crippen LogP contribution in [0.4, 0.5) is 9.18 Å². The summed E-state index contributed by atoms with van der Waals surface area (Å²) in [6.45, 7) is 0.549. The Hall–Kier alpha value is -1.67. The quantitative estimate of drug-likeness (QED) is 0.861. The lowest BCUT2D eigenvalue weighted by molar-refractivity contribution is 0.0142. The van der Waals surface area contributed by atoms with Gasteiger partial charge in [-0.15, -0.1) is 0 Å². The van der Waals surface area contributed by atoms with E-state index in [4.69, 9.17) is 5.11 Å². The van der Waals surface area contributed by atoms with Crippen molar-refractivity contribution in [1.82, 2.24) is 4.90 Å². The van der Waals surface area contributed by atoms with Gasteiger partial charge in [0.2, 0.25) is 0 Å². The maximum absolute atomic E-state index is 13.5. The molecule has 2 aliphatic rings. The molecule has 1 saturated heterocycles. The number of halogens is 1. The average Bonchev–Trinajstić information content (AvgIpc) is 2.51. The molecule has 0 radical (unpaired) electrons. The van der Waals surface area contributed by atoms with Gasteiger partial charge in [-0.3, -0.25) is 0 Å². The molecule has 1 heterocycles. The first-order chi connectivity index (χ1) is 11.3. The molecule has 1 amide bonds. The summed E-state index contributed by atoms with van der Waals surface area (Å²) in [7, 11) is -3.82. The van der Waals surface area contributed by atoms with Crippen molar-refractivity contribution < 1.29 is 27.8 Å². The second-order valence-corrected chi connectivity index (χ2v) is 8.92. The van der Waals surface area contributed by atoms with Crippen molar-refractivity contribution in [3.63, 3.8) is 0 Å². The third kappa shape index (κ3) is 2.67. The van der Waals surface area contributed by atoms with E-state index in [-0.39, 0.29) is 36.7 Å². The summed E-state index contributed by atoms with van der Waals surface area (Å²) in [4.78, 5) is 12.2. The summed E-state index contributed by atoms with van der Waals surface area (Å²) in [5.41, 5.74) is 0. The fourth-order valence-electron chi connectivity index (χ4n) is 3.98. The predicted molar refractivity (Wildman–Crippen MR) is 83.9 cm³/mol. The number of benzene rings is 1. The number of piperidine rings is 1. The highest BCUT2D eigenvalue weighted by atomic mass is 32.2. The van der Waals surface area contributed by atoms with E-state index in [2.05, 4.69) is 0 Å². The van der Waals surface area contributed by atoms with E-state index in [0.717, 1.165) is 6.07 Å². The number of amides is 1. The molecular formula is C16H20FNO5S. The molecule has 0 aromatic heterocycles. The van der Waals surface area contributed by atoms with Gasteiger partial charge >= 0.3 is 6.09 Å². The molecule has 1 aliphatic carbocycles. The number of hydrogen-bond acceptors (Lipinski definition) is 4. The molecule has 132 valence electrons. The first-order valence-electron chi connectivity index (χ1n) is 7.92. The number of nitrogens with zero attached hydrogens (tertiary/aromatic N) is 1. The van der Waals surface area contributed by atoms with Crippen molar-refractivity contribution >= 4 is 15.9 Å². The normalized spacial score (nSPS) is 28.4. The Labute approximate surface area is 139 Å². The number of carbonyl (C=O) groups is 1. The van der Waals surface area contributed by atoms with E-state index in [1.165, 1.54) is 23.1 Å². The molecule has 0 bridgehead atoms. The molecule has 3 rings (SSSR count). The molecule has 2 N–H and O–H groups in total. The average molecular weight is 357 g/mol.